The number of thioether (sulfide) groups is 1. The number of methoxy groups -OCH3 is 1. The van der Waals surface area contributed by atoms with Crippen LogP contribution in [0.5, 0.6) is 11.5 Å². The fourth-order valence-electron chi connectivity index (χ4n) is 2.34. The SMILES string of the molecule is COc1ccc(OCc2nnc(SC[C@@H](O)c3ccccc3)n2C)cc1. The standard InChI is InChI=1S/C19H21N3O3S/c1-22-18(12-25-16-10-8-15(24-2)9-11-16)20-21-19(22)26-13-17(23)14-6-4-3-5-7-14/h3-11,17,23H,12-13H2,1-2H3/t17-/m1/s1. The number of nitrogens with zero attached hydrogens (tertiary/aromatic N) is 3. The molecule has 3 rings (SSSR count). The fourth-order valence-corrected chi connectivity index (χ4v) is 3.24. The lowest BCUT2D eigenvalue weighted by atomic mass is 10.1. The van der Waals surface area contributed by atoms with Crippen molar-refractivity contribution in [1.29, 1.82) is 0 Å². The van der Waals surface area contributed by atoms with Crippen LogP contribution in [0, 0.1) is 0 Å². The summed E-state index contributed by atoms with van der Waals surface area (Å²) >= 11 is 1.46. The van der Waals surface area contributed by atoms with Gasteiger partial charge in [0, 0.05) is 12.8 Å². The lowest BCUT2D eigenvalue weighted by molar-refractivity contribution is 0.204. The molecule has 1 N–H and O–H groups in total. The Morgan fingerprint density at radius 2 is 1.73 bits per heavy atom. The van der Waals surface area contributed by atoms with Crippen LogP contribution in [-0.2, 0) is 13.7 Å². The van der Waals surface area contributed by atoms with Crippen LogP contribution in [0.2, 0.25) is 0 Å². The first-order valence-electron chi connectivity index (χ1n) is 8.18. The van der Waals surface area contributed by atoms with E-state index in [9.17, 15) is 5.11 Å². The first-order chi connectivity index (χ1) is 12.7. The zero-order valence-electron chi connectivity index (χ0n) is 14.7. The number of aromatic nitrogens is 3. The van der Waals surface area contributed by atoms with Gasteiger partial charge < -0.3 is 19.1 Å². The van der Waals surface area contributed by atoms with Crippen LogP contribution < -0.4 is 9.47 Å². The van der Waals surface area contributed by atoms with Gasteiger partial charge in [0.25, 0.3) is 0 Å². The van der Waals surface area contributed by atoms with Gasteiger partial charge in [-0.3, -0.25) is 0 Å². The molecule has 6 nitrogen and oxygen atoms in total. The summed E-state index contributed by atoms with van der Waals surface area (Å²) in [5.41, 5.74) is 0.894. The van der Waals surface area contributed by atoms with E-state index in [1.165, 1.54) is 11.8 Å². The van der Waals surface area contributed by atoms with Crippen LogP contribution in [0.3, 0.4) is 0 Å². The molecule has 0 aliphatic carbocycles. The van der Waals surface area contributed by atoms with Crippen molar-refractivity contribution in [2.75, 3.05) is 12.9 Å². The molecule has 7 heteroatoms. The molecule has 1 atom stereocenters. The molecule has 0 radical (unpaired) electrons. The number of benzene rings is 2. The van der Waals surface area contributed by atoms with Gasteiger partial charge in [0.1, 0.15) is 18.1 Å². The molecule has 3 aromatic rings. The number of hydrogen-bond donors (Lipinski definition) is 1. The molecule has 1 heterocycles. The van der Waals surface area contributed by atoms with Crippen LogP contribution in [0.25, 0.3) is 0 Å². The third kappa shape index (κ3) is 4.56. The van der Waals surface area contributed by atoms with Crippen LogP contribution in [0.15, 0.2) is 59.8 Å². The molecule has 0 aliphatic heterocycles. The highest BCUT2D eigenvalue weighted by Gasteiger charge is 2.13. The van der Waals surface area contributed by atoms with Crippen molar-refractivity contribution in [3.63, 3.8) is 0 Å². The Labute approximate surface area is 156 Å². The van der Waals surface area contributed by atoms with Gasteiger partial charge in [0.05, 0.1) is 13.2 Å². The first kappa shape index (κ1) is 18.3. The van der Waals surface area contributed by atoms with Gasteiger partial charge in [0.15, 0.2) is 11.0 Å². The summed E-state index contributed by atoms with van der Waals surface area (Å²) in [5, 5.41) is 19.4. The highest BCUT2D eigenvalue weighted by molar-refractivity contribution is 7.99. The minimum Gasteiger partial charge on any atom is -0.497 e. The maximum absolute atomic E-state index is 10.3. The van der Waals surface area contributed by atoms with Gasteiger partial charge in [-0.1, -0.05) is 42.1 Å². The van der Waals surface area contributed by atoms with E-state index < -0.39 is 6.10 Å². The van der Waals surface area contributed by atoms with E-state index in [0.29, 0.717) is 12.4 Å². The van der Waals surface area contributed by atoms with Gasteiger partial charge in [-0.25, -0.2) is 0 Å². The highest BCUT2D eigenvalue weighted by atomic mass is 32.2. The Balaban J connectivity index is 1.55. The average molecular weight is 371 g/mol. The summed E-state index contributed by atoms with van der Waals surface area (Å²) in [6, 6.07) is 17.0. The van der Waals surface area contributed by atoms with E-state index in [2.05, 4.69) is 10.2 Å². The monoisotopic (exact) mass is 371 g/mol. The van der Waals surface area contributed by atoms with Crippen LogP contribution in [0.1, 0.15) is 17.5 Å². The number of hydrogen-bond acceptors (Lipinski definition) is 6. The molecule has 0 saturated heterocycles. The molecular weight excluding hydrogens is 350 g/mol. The van der Waals surface area contributed by atoms with E-state index in [0.717, 1.165) is 28.0 Å². The van der Waals surface area contributed by atoms with Crippen molar-refractivity contribution >= 4 is 11.8 Å². The summed E-state index contributed by atoms with van der Waals surface area (Å²) in [7, 11) is 3.52. The normalized spacial score (nSPS) is 12.0. The molecule has 2 aromatic carbocycles. The second kappa shape index (κ2) is 8.73. The van der Waals surface area contributed by atoms with Crippen molar-refractivity contribution in [1.82, 2.24) is 14.8 Å². The molecular formula is C19H21N3O3S. The van der Waals surface area contributed by atoms with Crippen LogP contribution >= 0.6 is 11.8 Å². The molecule has 0 saturated carbocycles. The van der Waals surface area contributed by atoms with E-state index in [1.54, 1.807) is 7.11 Å². The smallest absolute Gasteiger partial charge is 0.191 e. The maximum Gasteiger partial charge on any atom is 0.191 e. The van der Waals surface area contributed by atoms with Gasteiger partial charge in [0.2, 0.25) is 0 Å². The third-order valence-electron chi connectivity index (χ3n) is 3.91. The van der Waals surface area contributed by atoms with E-state index in [4.69, 9.17) is 9.47 Å². The summed E-state index contributed by atoms with van der Waals surface area (Å²) in [6.45, 7) is 0.317. The van der Waals surface area contributed by atoms with E-state index in [1.807, 2.05) is 66.2 Å². The Morgan fingerprint density at radius 3 is 2.42 bits per heavy atom. The molecule has 136 valence electrons. The Hall–Kier alpha value is -2.51. The number of aliphatic hydroxyl groups is 1. The summed E-state index contributed by atoms with van der Waals surface area (Å²) in [6.07, 6.45) is -0.545. The average Bonchev–Trinajstić information content (AvgIpc) is 3.05. The summed E-state index contributed by atoms with van der Waals surface area (Å²) in [5.74, 6) is 2.75. The highest BCUT2D eigenvalue weighted by Crippen LogP contribution is 2.24. The maximum atomic E-state index is 10.3. The summed E-state index contributed by atoms with van der Waals surface area (Å²) in [4.78, 5) is 0. The molecule has 0 amide bonds. The van der Waals surface area contributed by atoms with Crippen molar-refractivity contribution in [3.8, 4) is 11.5 Å². The lowest BCUT2D eigenvalue weighted by Gasteiger charge is -2.10. The zero-order chi connectivity index (χ0) is 18.4. The number of rotatable bonds is 8. The third-order valence-corrected chi connectivity index (χ3v) is 5.00. The Kier molecular flexibility index (Phi) is 6.14. The second-order valence-corrected chi connectivity index (χ2v) is 6.65. The minimum absolute atomic E-state index is 0.317. The minimum atomic E-state index is -0.545. The molecule has 1 aromatic heterocycles. The van der Waals surface area contributed by atoms with Crippen LogP contribution in [-0.4, -0.2) is 32.7 Å². The van der Waals surface area contributed by atoms with Crippen molar-refractivity contribution in [2.24, 2.45) is 7.05 Å². The summed E-state index contributed by atoms with van der Waals surface area (Å²) < 4.78 is 12.8. The van der Waals surface area contributed by atoms with E-state index in [-0.39, 0.29) is 0 Å². The molecule has 26 heavy (non-hydrogen) atoms. The molecule has 0 unspecified atom stereocenters. The Bertz CT molecular complexity index is 822. The lowest BCUT2D eigenvalue weighted by Crippen LogP contribution is -2.05. The largest absolute Gasteiger partial charge is 0.497 e. The Morgan fingerprint density at radius 1 is 1.04 bits per heavy atom. The fraction of sp³-hybridized carbons (Fsp3) is 0.263. The number of ether oxygens (including phenoxy) is 2. The molecule has 0 spiro atoms. The molecule has 0 fully saturated rings. The van der Waals surface area contributed by atoms with Crippen molar-refractivity contribution < 1.29 is 14.6 Å². The zero-order valence-corrected chi connectivity index (χ0v) is 15.5. The van der Waals surface area contributed by atoms with Crippen molar-refractivity contribution in [3.05, 3.63) is 66.0 Å². The number of aliphatic hydroxyl groups excluding tert-OH is 1. The first-order valence-corrected chi connectivity index (χ1v) is 9.17. The molecule has 0 bridgehead atoms. The molecule has 0 aliphatic rings. The second-order valence-electron chi connectivity index (χ2n) is 5.66. The predicted molar refractivity (Wildman–Crippen MR) is 100 cm³/mol. The van der Waals surface area contributed by atoms with E-state index >= 15 is 0 Å². The predicted octanol–water partition coefficient (Wildman–Crippen LogP) is 3.23. The van der Waals surface area contributed by atoms with Crippen molar-refractivity contribution in [2.45, 2.75) is 17.9 Å². The quantitative estimate of drug-likeness (QED) is 0.613. The van der Waals surface area contributed by atoms with Gasteiger partial charge >= 0.3 is 0 Å². The topological polar surface area (TPSA) is 69.4 Å². The van der Waals surface area contributed by atoms with Gasteiger partial charge in [-0.15, -0.1) is 10.2 Å². The van der Waals surface area contributed by atoms with Gasteiger partial charge in [-0.2, -0.15) is 0 Å². The van der Waals surface area contributed by atoms with Crippen LogP contribution in [0.4, 0.5) is 0 Å². The van der Waals surface area contributed by atoms with Gasteiger partial charge in [-0.05, 0) is 29.8 Å².